The van der Waals surface area contributed by atoms with Gasteiger partial charge in [-0.3, -0.25) is 9.59 Å². The molecule has 0 radical (unpaired) electrons. The molecule has 1 fully saturated rings. The van der Waals surface area contributed by atoms with E-state index in [1.807, 2.05) is 0 Å². The Bertz CT molecular complexity index is 561. The smallest absolute Gasteiger partial charge is 0.254 e. The van der Waals surface area contributed by atoms with E-state index in [1.54, 1.807) is 11.3 Å². The van der Waals surface area contributed by atoms with Gasteiger partial charge in [-0.2, -0.15) is 0 Å². The SMILES string of the molecule is CC(=O)Nc1sc2c(c1C(=O)NC1CC1)CCCCCC2. The van der Waals surface area contributed by atoms with Crippen LogP contribution in [0.2, 0.25) is 0 Å². The first-order valence-electron chi connectivity index (χ1n) is 7.88. The van der Waals surface area contributed by atoms with Crippen LogP contribution in [-0.2, 0) is 17.6 Å². The topological polar surface area (TPSA) is 58.2 Å². The largest absolute Gasteiger partial charge is 0.349 e. The van der Waals surface area contributed by atoms with Gasteiger partial charge in [0, 0.05) is 17.8 Å². The third-order valence-electron chi connectivity index (χ3n) is 4.10. The van der Waals surface area contributed by atoms with E-state index in [4.69, 9.17) is 0 Å². The molecular formula is C16H22N2O2S. The second-order valence-corrected chi connectivity index (χ2v) is 7.16. The average molecular weight is 306 g/mol. The molecule has 4 nitrogen and oxygen atoms in total. The van der Waals surface area contributed by atoms with Gasteiger partial charge < -0.3 is 10.6 Å². The third kappa shape index (κ3) is 3.46. The quantitative estimate of drug-likeness (QED) is 0.900. The normalized spacial score (nSPS) is 18.3. The summed E-state index contributed by atoms with van der Waals surface area (Å²) in [5.41, 5.74) is 1.92. The Labute approximate surface area is 129 Å². The number of anilines is 1. The van der Waals surface area contributed by atoms with Crippen molar-refractivity contribution >= 4 is 28.2 Å². The van der Waals surface area contributed by atoms with Crippen LogP contribution in [0.3, 0.4) is 0 Å². The van der Waals surface area contributed by atoms with Gasteiger partial charge in [0.05, 0.1) is 5.56 Å². The first kappa shape index (κ1) is 14.6. The molecule has 0 aromatic carbocycles. The zero-order valence-electron chi connectivity index (χ0n) is 12.5. The second-order valence-electron chi connectivity index (χ2n) is 6.05. The van der Waals surface area contributed by atoms with Gasteiger partial charge in [0.25, 0.3) is 5.91 Å². The lowest BCUT2D eigenvalue weighted by molar-refractivity contribution is -0.114. The molecule has 5 heteroatoms. The summed E-state index contributed by atoms with van der Waals surface area (Å²) in [5, 5.41) is 6.68. The van der Waals surface area contributed by atoms with Crippen molar-refractivity contribution in [2.75, 3.05) is 5.32 Å². The van der Waals surface area contributed by atoms with Gasteiger partial charge in [0.15, 0.2) is 0 Å². The lowest BCUT2D eigenvalue weighted by Gasteiger charge is -2.12. The van der Waals surface area contributed by atoms with E-state index >= 15 is 0 Å². The maximum Gasteiger partial charge on any atom is 0.254 e. The molecule has 1 aromatic rings. The standard InChI is InChI=1S/C16H22N2O2S/c1-10(19)17-16-14(15(20)18-11-8-9-11)12-6-4-2-3-5-7-13(12)21-16/h11H,2-9H2,1H3,(H,17,19)(H,18,20). The summed E-state index contributed by atoms with van der Waals surface area (Å²) in [5.74, 6) is -0.107. The Morgan fingerprint density at radius 1 is 1.10 bits per heavy atom. The van der Waals surface area contributed by atoms with E-state index in [0.29, 0.717) is 6.04 Å². The van der Waals surface area contributed by atoms with Crippen LogP contribution < -0.4 is 10.6 Å². The third-order valence-corrected chi connectivity index (χ3v) is 5.31. The van der Waals surface area contributed by atoms with Crippen molar-refractivity contribution in [2.45, 2.75) is 64.3 Å². The fourth-order valence-electron chi connectivity index (χ4n) is 2.89. The number of thiophene rings is 1. The summed E-state index contributed by atoms with van der Waals surface area (Å²) in [4.78, 5) is 25.3. The number of carbonyl (C=O) groups is 2. The molecule has 0 aliphatic heterocycles. The van der Waals surface area contributed by atoms with Crippen LogP contribution in [0.5, 0.6) is 0 Å². The minimum Gasteiger partial charge on any atom is -0.349 e. The molecule has 0 bridgehead atoms. The molecule has 1 heterocycles. The Morgan fingerprint density at radius 2 is 1.81 bits per heavy atom. The van der Waals surface area contributed by atoms with Crippen molar-refractivity contribution in [3.63, 3.8) is 0 Å². The van der Waals surface area contributed by atoms with Crippen LogP contribution in [0.1, 0.15) is 66.2 Å². The van der Waals surface area contributed by atoms with Crippen LogP contribution in [0.4, 0.5) is 5.00 Å². The van der Waals surface area contributed by atoms with Gasteiger partial charge in [0.2, 0.25) is 5.91 Å². The minimum atomic E-state index is -0.107. The highest BCUT2D eigenvalue weighted by Gasteiger charge is 2.29. The van der Waals surface area contributed by atoms with Gasteiger partial charge in [-0.25, -0.2) is 0 Å². The fourth-order valence-corrected chi connectivity index (χ4v) is 4.23. The van der Waals surface area contributed by atoms with Gasteiger partial charge in [-0.1, -0.05) is 12.8 Å². The zero-order chi connectivity index (χ0) is 14.8. The lowest BCUT2D eigenvalue weighted by atomic mass is 9.96. The Kier molecular flexibility index (Phi) is 4.29. The highest BCUT2D eigenvalue weighted by molar-refractivity contribution is 7.17. The first-order chi connectivity index (χ1) is 10.1. The molecule has 0 unspecified atom stereocenters. The number of carbonyl (C=O) groups excluding carboxylic acids is 2. The number of fused-ring (bicyclic) bond motifs is 1. The predicted molar refractivity (Wildman–Crippen MR) is 85.0 cm³/mol. The van der Waals surface area contributed by atoms with Crippen molar-refractivity contribution in [1.29, 1.82) is 0 Å². The summed E-state index contributed by atoms with van der Waals surface area (Å²) >= 11 is 1.60. The summed E-state index contributed by atoms with van der Waals surface area (Å²) in [6, 6.07) is 0.340. The van der Waals surface area contributed by atoms with E-state index in [9.17, 15) is 9.59 Å². The van der Waals surface area contributed by atoms with Crippen LogP contribution in [-0.4, -0.2) is 17.9 Å². The average Bonchev–Trinajstić information content (AvgIpc) is 3.13. The molecule has 114 valence electrons. The molecule has 0 saturated heterocycles. The number of hydrogen-bond acceptors (Lipinski definition) is 3. The summed E-state index contributed by atoms with van der Waals surface area (Å²) < 4.78 is 0. The monoisotopic (exact) mass is 306 g/mol. The second kappa shape index (κ2) is 6.18. The van der Waals surface area contributed by atoms with Crippen molar-refractivity contribution in [1.82, 2.24) is 5.32 Å². The van der Waals surface area contributed by atoms with E-state index in [1.165, 1.54) is 36.6 Å². The van der Waals surface area contributed by atoms with Crippen LogP contribution >= 0.6 is 11.3 Å². The highest BCUT2D eigenvalue weighted by Crippen LogP contribution is 2.37. The lowest BCUT2D eigenvalue weighted by Crippen LogP contribution is -2.27. The Balaban J connectivity index is 1.94. The minimum absolute atomic E-state index is 0.000626. The Hall–Kier alpha value is -1.36. The zero-order valence-corrected chi connectivity index (χ0v) is 13.3. The molecule has 2 aliphatic carbocycles. The van der Waals surface area contributed by atoms with Gasteiger partial charge in [0.1, 0.15) is 5.00 Å². The number of rotatable bonds is 3. The molecular weight excluding hydrogens is 284 g/mol. The number of amides is 2. The fraction of sp³-hybridized carbons (Fsp3) is 0.625. The number of aryl methyl sites for hydroxylation is 1. The predicted octanol–water partition coefficient (Wildman–Crippen LogP) is 3.26. The summed E-state index contributed by atoms with van der Waals surface area (Å²) in [7, 11) is 0. The van der Waals surface area contributed by atoms with E-state index < -0.39 is 0 Å². The molecule has 3 rings (SSSR count). The highest BCUT2D eigenvalue weighted by atomic mass is 32.1. The molecule has 21 heavy (non-hydrogen) atoms. The van der Waals surface area contributed by atoms with Crippen LogP contribution in [0, 0.1) is 0 Å². The molecule has 0 spiro atoms. The maximum absolute atomic E-state index is 12.6. The maximum atomic E-state index is 12.6. The number of nitrogens with one attached hydrogen (secondary N) is 2. The van der Waals surface area contributed by atoms with Gasteiger partial charge in [-0.15, -0.1) is 11.3 Å². The van der Waals surface area contributed by atoms with E-state index in [2.05, 4.69) is 10.6 Å². The van der Waals surface area contributed by atoms with Crippen molar-refractivity contribution in [2.24, 2.45) is 0 Å². The summed E-state index contributed by atoms with van der Waals surface area (Å²) in [6.07, 6.45) is 8.94. The molecule has 2 aliphatic rings. The first-order valence-corrected chi connectivity index (χ1v) is 8.70. The molecule has 1 aromatic heterocycles. The van der Waals surface area contributed by atoms with Crippen molar-refractivity contribution < 1.29 is 9.59 Å². The van der Waals surface area contributed by atoms with Crippen LogP contribution in [0.15, 0.2) is 0 Å². The van der Waals surface area contributed by atoms with Gasteiger partial charge >= 0.3 is 0 Å². The molecule has 0 atom stereocenters. The molecule has 2 N–H and O–H groups in total. The van der Waals surface area contributed by atoms with Gasteiger partial charge in [-0.05, 0) is 44.1 Å². The Morgan fingerprint density at radius 3 is 2.48 bits per heavy atom. The molecule has 1 saturated carbocycles. The van der Waals surface area contributed by atoms with E-state index in [-0.39, 0.29) is 11.8 Å². The molecule has 2 amide bonds. The number of hydrogen-bond donors (Lipinski definition) is 2. The van der Waals surface area contributed by atoms with Crippen molar-refractivity contribution in [3.8, 4) is 0 Å². The summed E-state index contributed by atoms with van der Waals surface area (Å²) in [6.45, 7) is 1.50. The van der Waals surface area contributed by atoms with Crippen LogP contribution in [0.25, 0.3) is 0 Å². The van der Waals surface area contributed by atoms with Crippen molar-refractivity contribution in [3.05, 3.63) is 16.0 Å². The van der Waals surface area contributed by atoms with E-state index in [0.717, 1.165) is 42.7 Å².